The Morgan fingerprint density at radius 2 is 1.58 bits per heavy atom. The maximum absolute atomic E-state index is 6.44. The van der Waals surface area contributed by atoms with E-state index in [1.807, 2.05) is 0 Å². The van der Waals surface area contributed by atoms with Gasteiger partial charge in [0.2, 0.25) is 0 Å². The minimum Gasteiger partial charge on any atom is -0.324 e. The lowest BCUT2D eigenvalue weighted by Gasteiger charge is -2.23. The average molecular weight is 261 g/mol. The summed E-state index contributed by atoms with van der Waals surface area (Å²) < 4.78 is 0. The van der Waals surface area contributed by atoms with Crippen molar-refractivity contribution in [2.24, 2.45) is 11.7 Å². The maximum atomic E-state index is 6.44. The molecule has 0 saturated heterocycles. The van der Waals surface area contributed by atoms with E-state index in [1.54, 1.807) is 0 Å². The van der Waals surface area contributed by atoms with Gasteiger partial charge in [-0.05, 0) is 36.3 Å². The second-order valence-electron chi connectivity index (χ2n) is 5.68. The third-order valence-corrected chi connectivity index (χ3v) is 4.14. The highest BCUT2D eigenvalue weighted by Crippen LogP contribution is 2.27. The standard InChI is InChI=1S/C18H31N/c1-4-7-9-15-11-13-17(14-12-15)18(19)16(6-3)10-8-5-2/h11-14,16,18H,4-10,19H2,1-3H3. The van der Waals surface area contributed by atoms with Crippen molar-refractivity contribution in [3.8, 4) is 0 Å². The Morgan fingerprint density at radius 1 is 0.947 bits per heavy atom. The molecule has 2 unspecified atom stereocenters. The molecule has 0 aliphatic carbocycles. The van der Waals surface area contributed by atoms with Crippen molar-refractivity contribution < 1.29 is 0 Å². The van der Waals surface area contributed by atoms with Crippen LogP contribution in [0.15, 0.2) is 24.3 Å². The molecule has 0 heterocycles. The fourth-order valence-corrected chi connectivity index (χ4v) is 2.66. The van der Waals surface area contributed by atoms with Crippen molar-refractivity contribution in [1.82, 2.24) is 0 Å². The van der Waals surface area contributed by atoms with Crippen molar-refractivity contribution in [2.45, 2.75) is 71.8 Å². The van der Waals surface area contributed by atoms with Gasteiger partial charge in [0.1, 0.15) is 0 Å². The summed E-state index contributed by atoms with van der Waals surface area (Å²) >= 11 is 0. The highest BCUT2D eigenvalue weighted by Gasteiger charge is 2.17. The Bertz CT molecular complexity index is 328. The summed E-state index contributed by atoms with van der Waals surface area (Å²) in [5, 5.41) is 0. The SMILES string of the molecule is CCCCc1ccc(C(N)C(CC)CCCC)cc1. The lowest BCUT2D eigenvalue weighted by atomic mass is 9.87. The quantitative estimate of drug-likeness (QED) is 0.646. The van der Waals surface area contributed by atoms with Gasteiger partial charge in [0, 0.05) is 6.04 Å². The molecule has 0 radical (unpaired) electrons. The Kier molecular flexibility index (Phi) is 7.81. The minimum absolute atomic E-state index is 0.205. The number of hydrogen-bond acceptors (Lipinski definition) is 1. The summed E-state index contributed by atoms with van der Waals surface area (Å²) in [7, 11) is 0. The number of benzene rings is 1. The van der Waals surface area contributed by atoms with E-state index in [0.29, 0.717) is 5.92 Å². The first-order valence-corrected chi connectivity index (χ1v) is 8.07. The van der Waals surface area contributed by atoms with E-state index in [9.17, 15) is 0 Å². The zero-order valence-corrected chi connectivity index (χ0v) is 13.0. The summed E-state index contributed by atoms with van der Waals surface area (Å²) in [5.41, 5.74) is 9.19. The summed E-state index contributed by atoms with van der Waals surface area (Å²) in [5.74, 6) is 0.626. The first kappa shape index (κ1) is 16.2. The van der Waals surface area contributed by atoms with Gasteiger partial charge in [0.25, 0.3) is 0 Å². The van der Waals surface area contributed by atoms with Gasteiger partial charge in [-0.15, -0.1) is 0 Å². The van der Waals surface area contributed by atoms with E-state index < -0.39 is 0 Å². The molecule has 1 rings (SSSR count). The summed E-state index contributed by atoms with van der Waals surface area (Å²) in [6.07, 6.45) is 8.72. The van der Waals surface area contributed by atoms with Gasteiger partial charge in [-0.2, -0.15) is 0 Å². The van der Waals surface area contributed by atoms with Gasteiger partial charge in [0.05, 0.1) is 0 Å². The van der Waals surface area contributed by atoms with Crippen molar-refractivity contribution >= 4 is 0 Å². The zero-order chi connectivity index (χ0) is 14.1. The van der Waals surface area contributed by atoms with Gasteiger partial charge in [-0.1, -0.05) is 70.7 Å². The summed E-state index contributed by atoms with van der Waals surface area (Å²) in [6.45, 7) is 6.75. The van der Waals surface area contributed by atoms with Crippen LogP contribution in [0, 0.1) is 5.92 Å². The van der Waals surface area contributed by atoms with Crippen LogP contribution < -0.4 is 5.73 Å². The lowest BCUT2D eigenvalue weighted by molar-refractivity contribution is 0.378. The van der Waals surface area contributed by atoms with Gasteiger partial charge in [-0.3, -0.25) is 0 Å². The predicted octanol–water partition coefficient (Wildman–Crippen LogP) is 5.25. The van der Waals surface area contributed by atoms with E-state index in [0.717, 1.165) is 0 Å². The molecule has 0 aromatic heterocycles. The van der Waals surface area contributed by atoms with E-state index >= 15 is 0 Å². The minimum atomic E-state index is 0.205. The van der Waals surface area contributed by atoms with E-state index in [2.05, 4.69) is 45.0 Å². The maximum Gasteiger partial charge on any atom is 0.0323 e. The van der Waals surface area contributed by atoms with Gasteiger partial charge >= 0.3 is 0 Å². The number of rotatable bonds is 9. The normalized spacial score (nSPS) is 14.3. The molecule has 0 fully saturated rings. The molecule has 19 heavy (non-hydrogen) atoms. The monoisotopic (exact) mass is 261 g/mol. The second kappa shape index (κ2) is 9.14. The number of unbranched alkanes of at least 4 members (excludes halogenated alkanes) is 2. The number of hydrogen-bond donors (Lipinski definition) is 1. The predicted molar refractivity (Wildman–Crippen MR) is 85.3 cm³/mol. The second-order valence-corrected chi connectivity index (χ2v) is 5.68. The number of nitrogens with two attached hydrogens (primary N) is 1. The third kappa shape index (κ3) is 5.36. The van der Waals surface area contributed by atoms with Crippen LogP contribution in [-0.4, -0.2) is 0 Å². The van der Waals surface area contributed by atoms with Crippen LogP contribution in [0.1, 0.15) is 76.5 Å². The van der Waals surface area contributed by atoms with Gasteiger partial charge in [0.15, 0.2) is 0 Å². The fraction of sp³-hybridized carbons (Fsp3) is 0.667. The topological polar surface area (TPSA) is 26.0 Å². The number of aryl methyl sites for hydroxylation is 1. The van der Waals surface area contributed by atoms with Crippen LogP contribution in [0.4, 0.5) is 0 Å². The molecule has 1 aromatic carbocycles. The Hall–Kier alpha value is -0.820. The molecule has 0 amide bonds. The van der Waals surface area contributed by atoms with Crippen molar-refractivity contribution in [3.05, 3.63) is 35.4 Å². The molecule has 108 valence electrons. The summed E-state index contributed by atoms with van der Waals surface area (Å²) in [6, 6.07) is 9.21. The van der Waals surface area contributed by atoms with Crippen molar-refractivity contribution in [3.63, 3.8) is 0 Å². The molecule has 0 aliphatic heterocycles. The zero-order valence-electron chi connectivity index (χ0n) is 13.0. The molecule has 0 aliphatic rings. The molecule has 1 aromatic rings. The highest BCUT2D eigenvalue weighted by molar-refractivity contribution is 5.25. The largest absolute Gasteiger partial charge is 0.324 e. The molecule has 0 saturated carbocycles. The first-order chi connectivity index (χ1) is 9.22. The van der Waals surface area contributed by atoms with E-state index in [4.69, 9.17) is 5.73 Å². The van der Waals surface area contributed by atoms with E-state index in [-0.39, 0.29) is 6.04 Å². The first-order valence-electron chi connectivity index (χ1n) is 8.07. The Balaban J connectivity index is 2.62. The molecule has 1 nitrogen and oxygen atoms in total. The molecular formula is C18H31N. The highest BCUT2D eigenvalue weighted by atomic mass is 14.6. The van der Waals surface area contributed by atoms with Gasteiger partial charge < -0.3 is 5.73 Å². The molecular weight excluding hydrogens is 230 g/mol. The van der Waals surface area contributed by atoms with Crippen LogP contribution in [0.5, 0.6) is 0 Å². The van der Waals surface area contributed by atoms with Crippen LogP contribution >= 0.6 is 0 Å². The smallest absolute Gasteiger partial charge is 0.0323 e. The fourth-order valence-electron chi connectivity index (χ4n) is 2.66. The van der Waals surface area contributed by atoms with Gasteiger partial charge in [-0.25, -0.2) is 0 Å². The average Bonchev–Trinajstić information content (AvgIpc) is 2.46. The van der Waals surface area contributed by atoms with Crippen LogP contribution in [0.3, 0.4) is 0 Å². The van der Waals surface area contributed by atoms with Crippen molar-refractivity contribution in [1.29, 1.82) is 0 Å². The lowest BCUT2D eigenvalue weighted by Crippen LogP contribution is -2.21. The molecule has 0 spiro atoms. The Labute approximate surface area is 119 Å². The molecule has 2 N–H and O–H groups in total. The van der Waals surface area contributed by atoms with Crippen LogP contribution in [-0.2, 0) is 6.42 Å². The molecule has 0 bridgehead atoms. The van der Waals surface area contributed by atoms with Crippen LogP contribution in [0.2, 0.25) is 0 Å². The Morgan fingerprint density at radius 3 is 2.11 bits per heavy atom. The van der Waals surface area contributed by atoms with Crippen molar-refractivity contribution in [2.75, 3.05) is 0 Å². The molecule has 1 heteroatoms. The van der Waals surface area contributed by atoms with Crippen LogP contribution in [0.25, 0.3) is 0 Å². The molecule has 2 atom stereocenters. The third-order valence-electron chi connectivity index (χ3n) is 4.14. The van der Waals surface area contributed by atoms with E-state index in [1.165, 1.54) is 56.1 Å². The summed E-state index contributed by atoms with van der Waals surface area (Å²) in [4.78, 5) is 0.